The molecule has 0 aliphatic carbocycles. The number of pyridine rings is 2. The number of rotatable bonds is 5. The van der Waals surface area contributed by atoms with E-state index in [4.69, 9.17) is 4.74 Å². The summed E-state index contributed by atoms with van der Waals surface area (Å²) >= 11 is 1.31. The van der Waals surface area contributed by atoms with Gasteiger partial charge in [-0.25, -0.2) is 4.79 Å². The molecule has 4 rings (SSSR count). The molecule has 0 radical (unpaired) electrons. The van der Waals surface area contributed by atoms with Crippen LogP contribution >= 0.6 is 11.3 Å². The van der Waals surface area contributed by atoms with Gasteiger partial charge >= 0.3 is 6.09 Å². The predicted molar refractivity (Wildman–Crippen MR) is 119 cm³/mol. The highest BCUT2D eigenvalue weighted by Crippen LogP contribution is 2.36. The molecule has 4 heterocycles. The van der Waals surface area contributed by atoms with Crippen molar-refractivity contribution in [3.05, 3.63) is 82.3 Å². The number of carbonyl (C=O) groups excluding carboxylic acids is 2. The molecule has 9 heteroatoms. The molecule has 8 nitrogen and oxygen atoms in total. The number of ether oxygens (including phenoxy) is 1. The molecule has 160 valence electrons. The summed E-state index contributed by atoms with van der Waals surface area (Å²) in [6, 6.07) is 9.39. The van der Waals surface area contributed by atoms with Gasteiger partial charge in [0.1, 0.15) is 17.7 Å². The van der Waals surface area contributed by atoms with Gasteiger partial charge in [0.25, 0.3) is 0 Å². The molecular weight excluding hydrogens is 426 g/mol. The van der Waals surface area contributed by atoms with E-state index in [0.717, 1.165) is 21.6 Å². The molecule has 0 fully saturated rings. The monoisotopic (exact) mass is 445 g/mol. The minimum Gasteiger partial charge on any atom is -0.445 e. The number of amides is 2. The first kappa shape index (κ1) is 21.2. The molecule has 0 aromatic carbocycles. The SMILES string of the molecule is N#Cc1c(NC(=O)/C=C/c2cccnc2)sc2c1CCN(C(=O)OCc1ccncc1)C2. The molecule has 3 aromatic heterocycles. The number of nitrogens with one attached hydrogen (secondary N) is 1. The van der Waals surface area contributed by atoms with Crippen LogP contribution < -0.4 is 5.32 Å². The van der Waals surface area contributed by atoms with Crippen LogP contribution in [0, 0.1) is 11.3 Å². The number of nitrogens with zero attached hydrogens (tertiary/aromatic N) is 4. The number of nitriles is 1. The molecule has 32 heavy (non-hydrogen) atoms. The molecule has 0 unspecified atom stereocenters. The van der Waals surface area contributed by atoms with Crippen molar-refractivity contribution >= 4 is 34.4 Å². The van der Waals surface area contributed by atoms with Crippen LogP contribution in [0.4, 0.5) is 9.80 Å². The molecular formula is C23H19N5O3S. The Balaban J connectivity index is 1.41. The van der Waals surface area contributed by atoms with Crippen LogP contribution in [-0.2, 0) is 29.1 Å². The summed E-state index contributed by atoms with van der Waals surface area (Å²) in [5.74, 6) is -0.336. The first-order valence-corrected chi connectivity index (χ1v) is 10.7. The topological polar surface area (TPSA) is 108 Å². The molecule has 0 spiro atoms. The molecule has 1 N–H and O–H groups in total. The summed E-state index contributed by atoms with van der Waals surface area (Å²) in [6.45, 7) is 0.955. The van der Waals surface area contributed by atoms with Gasteiger partial charge in [-0.2, -0.15) is 5.26 Å². The van der Waals surface area contributed by atoms with Crippen LogP contribution in [0.2, 0.25) is 0 Å². The Labute approximate surface area is 188 Å². The van der Waals surface area contributed by atoms with Gasteiger partial charge in [0.15, 0.2) is 0 Å². The van der Waals surface area contributed by atoms with Gasteiger partial charge < -0.3 is 15.0 Å². The normalized spacial score (nSPS) is 12.8. The zero-order chi connectivity index (χ0) is 22.3. The predicted octanol–water partition coefficient (Wildman–Crippen LogP) is 3.76. The third kappa shape index (κ3) is 4.99. The first-order chi connectivity index (χ1) is 15.6. The van der Waals surface area contributed by atoms with Gasteiger partial charge in [-0.15, -0.1) is 11.3 Å². The third-order valence-electron chi connectivity index (χ3n) is 4.89. The molecule has 3 aromatic rings. The summed E-state index contributed by atoms with van der Waals surface area (Å²) in [6.07, 6.45) is 9.77. The second-order valence-electron chi connectivity index (χ2n) is 7.01. The Morgan fingerprint density at radius 2 is 2.09 bits per heavy atom. The number of hydrogen-bond donors (Lipinski definition) is 1. The van der Waals surface area contributed by atoms with Crippen LogP contribution in [0.1, 0.15) is 27.1 Å². The fourth-order valence-corrected chi connectivity index (χ4v) is 4.50. The van der Waals surface area contributed by atoms with Gasteiger partial charge in [0.05, 0.1) is 12.1 Å². The summed E-state index contributed by atoms with van der Waals surface area (Å²) in [5, 5.41) is 12.9. The quantitative estimate of drug-likeness (QED) is 0.599. The minimum absolute atomic E-state index is 0.170. The zero-order valence-corrected chi connectivity index (χ0v) is 17.8. The van der Waals surface area contributed by atoms with Gasteiger partial charge in [-0.1, -0.05) is 6.07 Å². The molecule has 1 aliphatic heterocycles. The molecule has 2 amide bonds. The van der Waals surface area contributed by atoms with Crippen molar-refractivity contribution in [3.8, 4) is 6.07 Å². The van der Waals surface area contributed by atoms with E-state index in [1.807, 2.05) is 6.07 Å². The van der Waals surface area contributed by atoms with E-state index in [9.17, 15) is 14.9 Å². The summed E-state index contributed by atoms with van der Waals surface area (Å²) in [5.41, 5.74) is 2.99. The Bertz CT molecular complexity index is 1190. The smallest absolute Gasteiger partial charge is 0.410 e. The molecule has 0 saturated carbocycles. The molecule has 0 saturated heterocycles. The number of hydrogen-bond acceptors (Lipinski definition) is 7. The number of aromatic nitrogens is 2. The Morgan fingerprint density at radius 1 is 1.25 bits per heavy atom. The van der Waals surface area contributed by atoms with Crippen LogP contribution in [0.25, 0.3) is 6.08 Å². The van der Waals surface area contributed by atoms with E-state index in [0.29, 0.717) is 30.1 Å². The number of fused-ring (bicyclic) bond motifs is 1. The highest BCUT2D eigenvalue weighted by molar-refractivity contribution is 7.16. The fraction of sp³-hybridized carbons (Fsp3) is 0.174. The van der Waals surface area contributed by atoms with Crippen LogP contribution in [0.3, 0.4) is 0 Å². The Morgan fingerprint density at radius 3 is 2.84 bits per heavy atom. The van der Waals surface area contributed by atoms with E-state index in [-0.39, 0.29) is 12.5 Å². The van der Waals surface area contributed by atoms with E-state index < -0.39 is 6.09 Å². The Kier molecular flexibility index (Phi) is 6.53. The fourth-order valence-electron chi connectivity index (χ4n) is 3.28. The molecule has 0 atom stereocenters. The van der Waals surface area contributed by atoms with Crippen molar-refractivity contribution in [1.29, 1.82) is 5.26 Å². The second kappa shape index (κ2) is 9.85. The third-order valence-corrected chi connectivity index (χ3v) is 6.02. The van der Waals surface area contributed by atoms with E-state index in [1.165, 1.54) is 17.4 Å². The van der Waals surface area contributed by atoms with Gasteiger partial charge in [-0.05, 0) is 47.4 Å². The summed E-state index contributed by atoms with van der Waals surface area (Å²) < 4.78 is 5.40. The standard InChI is InChI=1S/C23H19N5O3S/c24-12-19-18-7-11-28(23(30)31-15-17-5-9-25-10-6-17)14-20(18)32-22(19)27-21(29)4-3-16-2-1-8-26-13-16/h1-6,8-10,13H,7,11,14-15H2,(H,27,29)/b4-3+. The molecule has 0 bridgehead atoms. The largest absolute Gasteiger partial charge is 0.445 e. The average molecular weight is 446 g/mol. The van der Waals surface area contributed by atoms with Crippen molar-refractivity contribution in [1.82, 2.24) is 14.9 Å². The lowest BCUT2D eigenvalue weighted by atomic mass is 10.0. The number of carbonyl (C=O) groups is 2. The summed E-state index contributed by atoms with van der Waals surface area (Å²) in [4.78, 5) is 35.3. The van der Waals surface area contributed by atoms with Crippen LogP contribution in [0.15, 0.2) is 55.1 Å². The van der Waals surface area contributed by atoms with E-state index >= 15 is 0 Å². The summed E-state index contributed by atoms with van der Waals surface area (Å²) in [7, 11) is 0. The van der Waals surface area contributed by atoms with E-state index in [2.05, 4.69) is 21.4 Å². The van der Waals surface area contributed by atoms with Gasteiger partial charge in [0, 0.05) is 42.3 Å². The lowest BCUT2D eigenvalue weighted by molar-refractivity contribution is -0.111. The van der Waals surface area contributed by atoms with Gasteiger partial charge in [0.2, 0.25) is 5.91 Å². The van der Waals surface area contributed by atoms with Crippen molar-refractivity contribution in [3.63, 3.8) is 0 Å². The maximum Gasteiger partial charge on any atom is 0.410 e. The highest BCUT2D eigenvalue weighted by Gasteiger charge is 2.28. The highest BCUT2D eigenvalue weighted by atomic mass is 32.1. The number of thiophene rings is 1. The second-order valence-corrected chi connectivity index (χ2v) is 8.12. The van der Waals surface area contributed by atoms with Crippen LogP contribution in [-0.4, -0.2) is 33.4 Å². The van der Waals surface area contributed by atoms with Crippen molar-refractivity contribution < 1.29 is 14.3 Å². The lowest BCUT2D eigenvalue weighted by Gasteiger charge is -2.26. The Hall–Kier alpha value is -4.03. The maximum absolute atomic E-state index is 12.5. The van der Waals surface area contributed by atoms with Crippen molar-refractivity contribution in [2.75, 3.05) is 11.9 Å². The number of anilines is 1. The average Bonchev–Trinajstić information content (AvgIpc) is 3.18. The van der Waals surface area contributed by atoms with Crippen molar-refractivity contribution in [2.24, 2.45) is 0 Å². The maximum atomic E-state index is 12.5. The van der Waals surface area contributed by atoms with E-state index in [1.54, 1.807) is 54.0 Å². The minimum atomic E-state index is -0.413. The van der Waals surface area contributed by atoms with Gasteiger partial charge in [-0.3, -0.25) is 14.8 Å². The first-order valence-electron chi connectivity index (χ1n) is 9.88. The zero-order valence-electron chi connectivity index (χ0n) is 17.0. The van der Waals surface area contributed by atoms with Crippen molar-refractivity contribution in [2.45, 2.75) is 19.6 Å². The van der Waals surface area contributed by atoms with Crippen LogP contribution in [0.5, 0.6) is 0 Å². The molecule has 1 aliphatic rings. The lowest BCUT2D eigenvalue weighted by Crippen LogP contribution is -2.35.